The number of hydrogen-bond acceptors (Lipinski definition) is 10. The van der Waals surface area contributed by atoms with Gasteiger partial charge in [-0.25, -0.2) is 24.9 Å². The molecule has 2 aromatic carbocycles. The Morgan fingerprint density at radius 2 is 1.37 bits per heavy atom. The third kappa shape index (κ3) is 6.88. The molecular formula is C32H33BrN8O2. The summed E-state index contributed by atoms with van der Waals surface area (Å²) in [7, 11) is 0. The van der Waals surface area contributed by atoms with E-state index in [1.54, 1.807) is 11.3 Å². The van der Waals surface area contributed by atoms with Crippen LogP contribution in [0.25, 0.3) is 22.3 Å². The number of aliphatic hydroxyl groups excluding tert-OH is 1. The van der Waals surface area contributed by atoms with Crippen molar-refractivity contribution in [3.8, 4) is 27.2 Å². The maximum absolute atomic E-state index is 9.49. The Morgan fingerprint density at radius 3 is 1.86 bits per heavy atom. The van der Waals surface area contributed by atoms with Crippen LogP contribution in [0, 0.1) is 10.2 Å². The van der Waals surface area contributed by atoms with Crippen LogP contribution in [0.2, 0.25) is 0 Å². The molecule has 7 rings (SSSR count). The van der Waals surface area contributed by atoms with Crippen molar-refractivity contribution in [1.82, 2.24) is 19.9 Å². The minimum absolute atomic E-state index is 0.0199. The van der Waals surface area contributed by atoms with Crippen LogP contribution < -0.4 is 11.5 Å². The standard InChI is InChI=1S/C16H16N4O.C15H17N3O.CBrN/c17-15-20-16(9-21-15)5-4-11-2-1-3-13(14(11)6-16)12-7-18-10-19-8-12;16-15(9-19)5-4-11-2-1-3-13(14(11)6-15)12-7-17-10-18-8-12;2-1-3/h1-3,7-8,10H,4-6,9H2,(H2,17,20);1-3,7-8,10,19H,4-6,9,16H2;. The van der Waals surface area contributed by atoms with Crippen LogP contribution in [0.15, 0.2) is 78.8 Å². The molecule has 0 saturated heterocycles. The number of halogens is 1. The summed E-state index contributed by atoms with van der Waals surface area (Å²) in [6.45, 7) is 0.601. The lowest BCUT2D eigenvalue weighted by Crippen LogP contribution is -2.48. The lowest BCUT2D eigenvalue weighted by Gasteiger charge is -2.34. The van der Waals surface area contributed by atoms with E-state index in [0.29, 0.717) is 19.0 Å². The smallest absolute Gasteiger partial charge is 0.282 e. The topological polar surface area (TPSA) is 169 Å². The molecule has 11 heteroatoms. The Bertz CT molecular complexity index is 1630. The van der Waals surface area contributed by atoms with Gasteiger partial charge in [0.1, 0.15) is 29.8 Å². The number of aryl methyl sites for hydroxylation is 2. The molecule has 3 heterocycles. The van der Waals surface area contributed by atoms with Crippen molar-refractivity contribution in [2.45, 2.75) is 49.6 Å². The summed E-state index contributed by atoms with van der Waals surface area (Å²) in [4.78, 5) is 22.5. The number of amidine groups is 1. The molecule has 10 nitrogen and oxygen atoms in total. The molecule has 0 amide bonds. The number of nitrogens with zero attached hydrogens (tertiary/aromatic N) is 6. The summed E-state index contributed by atoms with van der Waals surface area (Å²) in [5.74, 6) is 0. The second-order valence-corrected chi connectivity index (χ2v) is 11.4. The summed E-state index contributed by atoms with van der Waals surface area (Å²) >= 11 is 2.45. The van der Waals surface area contributed by atoms with Crippen molar-refractivity contribution >= 4 is 22.0 Å². The van der Waals surface area contributed by atoms with Crippen molar-refractivity contribution in [2.75, 3.05) is 13.2 Å². The van der Waals surface area contributed by atoms with Crippen molar-refractivity contribution in [1.29, 1.82) is 5.26 Å². The van der Waals surface area contributed by atoms with Crippen molar-refractivity contribution in [3.05, 3.63) is 96.1 Å². The maximum atomic E-state index is 9.49. The van der Waals surface area contributed by atoms with Crippen LogP contribution in [0.5, 0.6) is 0 Å². The van der Waals surface area contributed by atoms with Crippen LogP contribution in [-0.2, 0) is 30.4 Å². The molecule has 2 aromatic heterocycles. The van der Waals surface area contributed by atoms with Gasteiger partial charge in [0.2, 0.25) is 0 Å². The zero-order valence-electron chi connectivity index (χ0n) is 23.7. The molecule has 0 saturated carbocycles. The van der Waals surface area contributed by atoms with Crippen molar-refractivity contribution < 1.29 is 9.84 Å². The van der Waals surface area contributed by atoms with Gasteiger partial charge in [-0.15, -0.1) is 0 Å². The predicted molar refractivity (Wildman–Crippen MR) is 168 cm³/mol. The van der Waals surface area contributed by atoms with E-state index in [-0.39, 0.29) is 12.1 Å². The van der Waals surface area contributed by atoms with E-state index in [1.165, 1.54) is 34.1 Å². The van der Waals surface area contributed by atoms with E-state index in [9.17, 15) is 5.11 Å². The van der Waals surface area contributed by atoms with Crippen LogP contribution in [0.3, 0.4) is 0 Å². The fraction of sp³-hybridized carbons (Fsp3) is 0.312. The van der Waals surface area contributed by atoms with Gasteiger partial charge >= 0.3 is 0 Å². The highest BCUT2D eigenvalue weighted by molar-refractivity contribution is 9.12. The van der Waals surface area contributed by atoms with Gasteiger partial charge < -0.3 is 21.3 Å². The largest absolute Gasteiger partial charge is 0.463 e. The zero-order valence-corrected chi connectivity index (χ0v) is 25.2. The molecule has 2 aliphatic carbocycles. The zero-order chi connectivity index (χ0) is 30.3. The number of ether oxygens (including phenoxy) is 1. The predicted octanol–water partition coefficient (Wildman–Crippen LogP) is 3.90. The van der Waals surface area contributed by atoms with Gasteiger partial charge in [0.15, 0.2) is 0 Å². The Balaban J connectivity index is 0.000000158. The third-order valence-corrected chi connectivity index (χ3v) is 8.23. The van der Waals surface area contributed by atoms with Gasteiger partial charge in [-0.3, -0.25) is 0 Å². The summed E-state index contributed by atoms with van der Waals surface area (Å²) in [5, 5.41) is 16.7. The molecule has 1 aliphatic heterocycles. The van der Waals surface area contributed by atoms with E-state index in [4.69, 9.17) is 21.5 Å². The number of aliphatic hydroxyl groups is 1. The quantitative estimate of drug-likeness (QED) is 0.300. The normalized spacial score (nSPS) is 21.4. The van der Waals surface area contributed by atoms with E-state index >= 15 is 0 Å². The lowest BCUT2D eigenvalue weighted by atomic mass is 9.76. The SMILES string of the molecule is N#CBr.NC1(CO)CCc2cccc(-c3cncnc3)c2C1.NC1=NC2(CCc3cccc(-c4cncnc4)c3C2)CO1. The second-order valence-electron chi connectivity index (χ2n) is 11.1. The molecule has 0 bridgehead atoms. The van der Waals surface area contributed by atoms with E-state index in [0.717, 1.165) is 48.8 Å². The molecule has 0 fully saturated rings. The average molecular weight is 642 g/mol. The highest BCUT2D eigenvalue weighted by Gasteiger charge is 2.40. The molecule has 4 aromatic rings. The first-order chi connectivity index (χ1) is 20.9. The molecule has 2 atom stereocenters. The first kappa shape index (κ1) is 30.2. The third-order valence-electron chi connectivity index (χ3n) is 8.23. The first-order valence-corrected chi connectivity index (χ1v) is 14.8. The Morgan fingerprint density at radius 1 is 0.860 bits per heavy atom. The number of nitrogens with two attached hydrogens (primary N) is 2. The molecule has 3 aliphatic rings. The fourth-order valence-electron chi connectivity index (χ4n) is 6.04. The van der Waals surface area contributed by atoms with Crippen molar-refractivity contribution in [2.24, 2.45) is 16.5 Å². The summed E-state index contributed by atoms with van der Waals surface area (Å²) in [5.41, 5.74) is 20.9. The number of nitriles is 1. The number of fused-ring (bicyclic) bond motifs is 2. The van der Waals surface area contributed by atoms with Crippen LogP contribution in [0.1, 0.15) is 35.1 Å². The van der Waals surface area contributed by atoms with E-state index < -0.39 is 5.54 Å². The monoisotopic (exact) mass is 640 g/mol. The number of aromatic nitrogens is 4. The Kier molecular flexibility index (Phi) is 9.40. The maximum Gasteiger partial charge on any atom is 0.282 e. The number of aliphatic imine (C=N–C) groups is 1. The van der Waals surface area contributed by atoms with E-state index in [1.807, 2.05) is 24.8 Å². The summed E-state index contributed by atoms with van der Waals surface area (Å²) < 4.78 is 5.41. The van der Waals surface area contributed by atoms with Crippen LogP contribution >= 0.6 is 15.9 Å². The molecule has 43 heavy (non-hydrogen) atoms. The highest BCUT2D eigenvalue weighted by Crippen LogP contribution is 2.39. The van der Waals surface area contributed by atoms with Crippen molar-refractivity contribution in [3.63, 3.8) is 0 Å². The minimum Gasteiger partial charge on any atom is -0.463 e. The molecule has 1 spiro atoms. The first-order valence-electron chi connectivity index (χ1n) is 14.0. The second kappa shape index (κ2) is 13.4. The number of benzene rings is 2. The van der Waals surface area contributed by atoms with Gasteiger partial charge in [-0.2, -0.15) is 5.26 Å². The van der Waals surface area contributed by atoms with Gasteiger partial charge in [0, 0.05) is 63.8 Å². The Hall–Kier alpha value is -4.24. The minimum atomic E-state index is -0.501. The molecule has 2 unspecified atom stereocenters. The fourth-order valence-corrected chi connectivity index (χ4v) is 6.04. The van der Waals surface area contributed by atoms with Gasteiger partial charge in [0.05, 0.1) is 6.61 Å². The average Bonchev–Trinajstić information content (AvgIpc) is 3.41. The highest BCUT2D eigenvalue weighted by atomic mass is 79.9. The van der Waals surface area contributed by atoms with E-state index in [2.05, 4.69) is 77.3 Å². The summed E-state index contributed by atoms with van der Waals surface area (Å²) in [6.07, 6.45) is 15.7. The molecular weight excluding hydrogens is 608 g/mol. The summed E-state index contributed by atoms with van der Waals surface area (Å²) in [6, 6.07) is 13.0. The number of rotatable bonds is 3. The van der Waals surface area contributed by atoms with Gasteiger partial charge in [-0.1, -0.05) is 36.4 Å². The lowest BCUT2D eigenvalue weighted by molar-refractivity contribution is 0.181. The number of hydrogen-bond donors (Lipinski definition) is 3. The van der Waals surface area contributed by atoms with Crippen LogP contribution in [0.4, 0.5) is 0 Å². The van der Waals surface area contributed by atoms with Gasteiger partial charge in [0.25, 0.3) is 6.02 Å². The molecule has 5 N–H and O–H groups in total. The van der Waals surface area contributed by atoms with Crippen LogP contribution in [-0.4, -0.2) is 55.4 Å². The Labute approximate surface area is 259 Å². The van der Waals surface area contributed by atoms with Gasteiger partial charge in [-0.05, 0) is 65.5 Å². The molecule has 220 valence electrons. The molecule has 0 radical (unpaired) electrons.